The second-order valence-corrected chi connectivity index (χ2v) is 3.89. The molecule has 0 aliphatic heterocycles. The molecule has 15 heavy (non-hydrogen) atoms. The fraction of sp³-hybridized carbons (Fsp3) is 0.500. The average molecular weight is 210 g/mol. The van der Waals surface area contributed by atoms with Crippen molar-refractivity contribution in [1.82, 2.24) is 4.98 Å². The zero-order chi connectivity index (χ0) is 11.3. The Morgan fingerprint density at radius 3 is 2.87 bits per heavy atom. The molecular formula is C10H14N2O3. The Morgan fingerprint density at radius 1 is 1.53 bits per heavy atom. The zero-order valence-corrected chi connectivity index (χ0v) is 8.82. The van der Waals surface area contributed by atoms with Crippen LogP contribution in [-0.4, -0.2) is 17.1 Å². The first-order valence-corrected chi connectivity index (χ1v) is 4.69. The van der Waals surface area contributed by atoms with E-state index in [2.05, 4.69) is 10.2 Å². The van der Waals surface area contributed by atoms with Crippen molar-refractivity contribution in [3.05, 3.63) is 33.6 Å². The Labute approximate surface area is 87.4 Å². The van der Waals surface area contributed by atoms with E-state index in [1.165, 1.54) is 12.3 Å². The number of nitroso groups, excluding NO2 is 1. The summed E-state index contributed by atoms with van der Waals surface area (Å²) in [7, 11) is 0. The van der Waals surface area contributed by atoms with Gasteiger partial charge in [-0.25, -0.2) is 0 Å². The van der Waals surface area contributed by atoms with Gasteiger partial charge in [-0.05, 0) is 19.9 Å². The van der Waals surface area contributed by atoms with E-state index < -0.39 is 5.54 Å². The summed E-state index contributed by atoms with van der Waals surface area (Å²) in [5.41, 5.74) is -0.832. The van der Waals surface area contributed by atoms with Crippen molar-refractivity contribution >= 4 is 0 Å². The summed E-state index contributed by atoms with van der Waals surface area (Å²) in [4.78, 5) is 23.8. The zero-order valence-electron chi connectivity index (χ0n) is 8.82. The lowest BCUT2D eigenvalue weighted by atomic mass is 10.0. The highest BCUT2D eigenvalue weighted by Gasteiger charge is 2.17. The molecule has 5 heteroatoms. The second-order valence-electron chi connectivity index (χ2n) is 3.89. The number of hydrogen-bond acceptors (Lipinski definition) is 4. The molecule has 0 spiro atoms. The van der Waals surface area contributed by atoms with E-state index in [4.69, 9.17) is 4.74 Å². The van der Waals surface area contributed by atoms with Gasteiger partial charge >= 0.3 is 0 Å². The number of aromatic nitrogens is 1. The lowest BCUT2D eigenvalue weighted by Crippen LogP contribution is -2.19. The van der Waals surface area contributed by atoms with Crippen molar-refractivity contribution in [2.24, 2.45) is 5.18 Å². The van der Waals surface area contributed by atoms with Gasteiger partial charge in [-0.1, -0.05) is 5.18 Å². The largest absolute Gasteiger partial charge is 0.493 e. The van der Waals surface area contributed by atoms with Gasteiger partial charge in [0.25, 0.3) is 5.56 Å². The Balaban J connectivity index is 2.45. The number of aromatic amines is 1. The third-order valence-electron chi connectivity index (χ3n) is 1.98. The van der Waals surface area contributed by atoms with Crippen molar-refractivity contribution in [3.8, 4) is 5.75 Å². The van der Waals surface area contributed by atoms with Crippen LogP contribution in [0.2, 0.25) is 0 Å². The van der Waals surface area contributed by atoms with Crippen LogP contribution in [0.5, 0.6) is 5.75 Å². The normalized spacial score (nSPS) is 11.1. The van der Waals surface area contributed by atoms with Crippen LogP contribution in [-0.2, 0) is 0 Å². The molecule has 0 bridgehead atoms. The summed E-state index contributed by atoms with van der Waals surface area (Å²) in [5, 5.41) is 2.97. The maximum absolute atomic E-state index is 10.9. The molecule has 0 unspecified atom stereocenters. The minimum atomic E-state index is -0.624. The SMILES string of the molecule is CC(C)(CCOc1cc[nH]c(=O)c1)N=O. The fourth-order valence-electron chi connectivity index (χ4n) is 0.979. The summed E-state index contributed by atoms with van der Waals surface area (Å²) in [6, 6.07) is 3.02. The van der Waals surface area contributed by atoms with Crippen molar-refractivity contribution in [2.45, 2.75) is 25.8 Å². The Morgan fingerprint density at radius 2 is 2.27 bits per heavy atom. The van der Waals surface area contributed by atoms with Crippen molar-refractivity contribution in [3.63, 3.8) is 0 Å². The third-order valence-corrected chi connectivity index (χ3v) is 1.98. The predicted octanol–water partition coefficient (Wildman–Crippen LogP) is 1.69. The molecule has 0 amide bonds. The number of nitrogens with zero attached hydrogens (tertiary/aromatic N) is 1. The summed E-state index contributed by atoms with van der Waals surface area (Å²) in [5.74, 6) is 0.500. The molecule has 0 saturated heterocycles. The lowest BCUT2D eigenvalue weighted by molar-refractivity contribution is 0.274. The summed E-state index contributed by atoms with van der Waals surface area (Å²) >= 11 is 0. The Kier molecular flexibility index (Phi) is 3.60. The minimum Gasteiger partial charge on any atom is -0.493 e. The fourth-order valence-corrected chi connectivity index (χ4v) is 0.979. The maximum Gasteiger partial charge on any atom is 0.251 e. The first kappa shape index (κ1) is 11.4. The molecule has 0 atom stereocenters. The smallest absolute Gasteiger partial charge is 0.251 e. The van der Waals surface area contributed by atoms with Gasteiger partial charge < -0.3 is 9.72 Å². The molecule has 1 heterocycles. The molecule has 1 aromatic heterocycles. The number of hydrogen-bond donors (Lipinski definition) is 1. The van der Waals surface area contributed by atoms with Crippen LogP contribution in [0.4, 0.5) is 0 Å². The van der Waals surface area contributed by atoms with Gasteiger partial charge in [0.2, 0.25) is 0 Å². The van der Waals surface area contributed by atoms with Gasteiger partial charge in [-0.3, -0.25) is 4.79 Å². The van der Waals surface area contributed by atoms with Gasteiger partial charge in [0.1, 0.15) is 11.3 Å². The van der Waals surface area contributed by atoms with Gasteiger partial charge in [0, 0.05) is 18.7 Å². The Hall–Kier alpha value is -1.65. The summed E-state index contributed by atoms with van der Waals surface area (Å²) in [6.45, 7) is 3.84. The van der Waals surface area contributed by atoms with Crippen LogP contribution in [0.3, 0.4) is 0 Å². The third kappa shape index (κ3) is 3.93. The van der Waals surface area contributed by atoms with E-state index in [1.807, 2.05) is 0 Å². The van der Waals surface area contributed by atoms with Crippen molar-refractivity contribution in [1.29, 1.82) is 0 Å². The van der Waals surface area contributed by atoms with E-state index in [1.54, 1.807) is 19.9 Å². The highest BCUT2D eigenvalue weighted by atomic mass is 16.5. The quantitative estimate of drug-likeness (QED) is 0.751. The minimum absolute atomic E-state index is 0.208. The highest BCUT2D eigenvalue weighted by Crippen LogP contribution is 2.14. The molecule has 0 aliphatic rings. The number of nitrogens with one attached hydrogen (secondary N) is 1. The number of ether oxygens (including phenoxy) is 1. The van der Waals surface area contributed by atoms with Crippen LogP contribution in [0.15, 0.2) is 28.3 Å². The molecule has 5 nitrogen and oxygen atoms in total. The van der Waals surface area contributed by atoms with E-state index >= 15 is 0 Å². The topological polar surface area (TPSA) is 71.5 Å². The van der Waals surface area contributed by atoms with Crippen LogP contribution in [0.25, 0.3) is 0 Å². The molecular weight excluding hydrogens is 196 g/mol. The number of pyridine rings is 1. The molecule has 1 rings (SSSR count). The molecule has 1 N–H and O–H groups in total. The van der Waals surface area contributed by atoms with Crippen molar-refractivity contribution < 1.29 is 4.74 Å². The highest BCUT2D eigenvalue weighted by molar-refractivity contribution is 5.16. The first-order valence-electron chi connectivity index (χ1n) is 4.69. The van der Waals surface area contributed by atoms with Gasteiger partial charge in [0.15, 0.2) is 0 Å². The predicted molar refractivity (Wildman–Crippen MR) is 57.0 cm³/mol. The van der Waals surface area contributed by atoms with E-state index in [0.717, 1.165) is 0 Å². The number of H-pyrrole nitrogens is 1. The van der Waals surface area contributed by atoms with Crippen LogP contribution in [0, 0.1) is 4.91 Å². The second kappa shape index (κ2) is 4.72. The molecule has 1 aromatic rings. The molecule has 0 aliphatic carbocycles. The molecule has 0 radical (unpaired) electrons. The van der Waals surface area contributed by atoms with Gasteiger partial charge in [0.05, 0.1) is 6.61 Å². The standard InChI is InChI=1S/C10H14N2O3/c1-10(2,12-14)4-6-15-8-3-5-11-9(13)7-8/h3,5,7H,4,6H2,1-2H3,(H,11,13). The van der Waals surface area contributed by atoms with E-state index in [9.17, 15) is 9.70 Å². The lowest BCUT2D eigenvalue weighted by Gasteiger charge is -2.14. The van der Waals surface area contributed by atoms with Gasteiger partial charge in [-0.2, -0.15) is 4.91 Å². The molecule has 0 fully saturated rings. The van der Waals surface area contributed by atoms with Crippen LogP contribution >= 0.6 is 0 Å². The molecule has 82 valence electrons. The molecule has 0 aromatic carbocycles. The first-order chi connectivity index (χ1) is 7.03. The van der Waals surface area contributed by atoms with E-state index in [-0.39, 0.29) is 5.56 Å². The maximum atomic E-state index is 10.9. The van der Waals surface area contributed by atoms with E-state index in [0.29, 0.717) is 18.8 Å². The number of rotatable bonds is 5. The summed E-state index contributed by atoms with van der Waals surface area (Å²) < 4.78 is 5.31. The van der Waals surface area contributed by atoms with Crippen LogP contribution in [0.1, 0.15) is 20.3 Å². The summed E-state index contributed by atoms with van der Waals surface area (Å²) in [6.07, 6.45) is 2.03. The van der Waals surface area contributed by atoms with Crippen molar-refractivity contribution in [2.75, 3.05) is 6.61 Å². The Bertz CT molecular complexity index is 384. The average Bonchev–Trinajstić information content (AvgIpc) is 2.18. The van der Waals surface area contributed by atoms with Gasteiger partial charge in [-0.15, -0.1) is 0 Å². The molecule has 0 saturated carbocycles. The van der Waals surface area contributed by atoms with Crippen LogP contribution < -0.4 is 10.3 Å². The monoisotopic (exact) mass is 210 g/mol.